The van der Waals surface area contributed by atoms with E-state index in [-0.39, 0.29) is 11.5 Å². The lowest BCUT2D eigenvalue weighted by molar-refractivity contribution is -0.113. The van der Waals surface area contributed by atoms with Crippen molar-refractivity contribution in [1.29, 1.82) is 0 Å². The first-order valence-electron chi connectivity index (χ1n) is 14.0. The Kier molecular flexibility index (Phi) is 9.02. The highest BCUT2D eigenvalue weighted by Gasteiger charge is 2.32. The molecule has 0 bridgehead atoms. The third-order valence-corrected chi connectivity index (χ3v) is 9.30. The average molecular weight is 701 g/mol. The van der Waals surface area contributed by atoms with E-state index in [9.17, 15) is 9.59 Å². The summed E-state index contributed by atoms with van der Waals surface area (Å²) in [6, 6.07) is 29.1. The Balaban J connectivity index is 1.37. The molecule has 0 spiro atoms. The normalized spacial score (nSPS) is 14.5. The molecule has 4 aromatic carbocycles. The number of carbonyl (C=O) groups excluding carboxylic acids is 1. The molecule has 0 saturated heterocycles. The predicted molar refractivity (Wildman–Crippen MR) is 182 cm³/mol. The highest BCUT2D eigenvalue weighted by atomic mass is 79.9. The van der Waals surface area contributed by atoms with E-state index >= 15 is 0 Å². The lowest BCUT2D eigenvalue weighted by Gasteiger charge is -2.25. The van der Waals surface area contributed by atoms with Crippen molar-refractivity contribution in [3.8, 4) is 11.5 Å². The SMILES string of the molecule is COc1ccc([C@@H]2C(C(=O)Nc3ccccc3)=C(C)N=c3s/c(=C/c4ccc(OCc5ccccc5Cl)c(Br)c4)c(=O)n32)cc1. The zero-order chi connectivity index (χ0) is 31.5. The number of para-hydroxylation sites is 1. The molecular weight excluding hydrogens is 674 g/mol. The number of fused-ring (bicyclic) bond motifs is 1. The number of carbonyl (C=O) groups is 1. The van der Waals surface area contributed by atoms with Gasteiger partial charge in [-0.1, -0.05) is 77.5 Å². The van der Waals surface area contributed by atoms with Crippen LogP contribution in [0.25, 0.3) is 6.08 Å². The van der Waals surface area contributed by atoms with Gasteiger partial charge in [0.05, 0.1) is 33.4 Å². The van der Waals surface area contributed by atoms with Crippen LogP contribution in [0.2, 0.25) is 5.02 Å². The number of rotatable bonds is 8. The number of ether oxygens (including phenoxy) is 2. The first-order chi connectivity index (χ1) is 21.8. The quantitative estimate of drug-likeness (QED) is 0.192. The molecule has 0 unspecified atom stereocenters. The fourth-order valence-electron chi connectivity index (χ4n) is 5.08. The van der Waals surface area contributed by atoms with Crippen LogP contribution in [0, 0.1) is 0 Å². The Hall–Kier alpha value is -4.44. The Labute approximate surface area is 276 Å². The largest absolute Gasteiger partial charge is 0.497 e. The van der Waals surface area contributed by atoms with E-state index in [2.05, 4.69) is 21.2 Å². The van der Waals surface area contributed by atoms with Crippen molar-refractivity contribution in [2.45, 2.75) is 19.6 Å². The zero-order valence-electron chi connectivity index (χ0n) is 24.3. The molecule has 0 saturated carbocycles. The van der Waals surface area contributed by atoms with E-state index in [1.807, 2.05) is 103 Å². The lowest BCUT2D eigenvalue weighted by Crippen LogP contribution is -2.40. The molecule has 7 nitrogen and oxygen atoms in total. The predicted octanol–water partition coefficient (Wildman–Crippen LogP) is 6.88. The molecule has 10 heteroatoms. The van der Waals surface area contributed by atoms with E-state index in [4.69, 9.17) is 26.1 Å². The van der Waals surface area contributed by atoms with Crippen LogP contribution in [-0.4, -0.2) is 17.6 Å². The Morgan fingerprint density at radius 2 is 1.78 bits per heavy atom. The van der Waals surface area contributed by atoms with Crippen LogP contribution in [0.3, 0.4) is 0 Å². The van der Waals surface area contributed by atoms with E-state index in [1.54, 1.807) is 18.6 Å². The summed E-state index contributed by atoms with van der Waals surface area (Å²) in [4.78, 5) is 33.0. The smallest absolute Gasteiger partial charge is 0.271 e. The van der Waals surface area contributed by atoms with Crippen LogP contribution in [0.15, 0.2) is 123 Å². The summed E-state index contributed by atoms with van der Waals surface area (Å²) in [6.45, 7) is 2.12. The summed E-state index contributed by atoms with van der Waals surface area (Å²) in [5.74, 6) is 0.999. The molecule has 0 radical (unpaired) electrons. The molecule has 1 aliphatic rings. The third-order valence-electron chi connectivity index (χ3n) is 7.32. The van der Waals surface area contributed by atoms with Gasteiger partial charge >= 0.3 is 0 Å². The number of allylic oxidation sites excluding steroid dienone is 1. The molecule has 6 rings (SSSR count). The number of benzene rings is 4. The van der Waals surface area contributed by atoms with Crippen LogP contribution < -0.4 is 29.7 Å². The van der Waals surface area contributed by atoms with Crippen LogP contribution in [0.1, 0.15) is 29.7 Å². The number of nitrogens with one attached hydrogen (secondary N) is 1. The molecule has 0 fully saturated rings. The average Bonchev–Trinajstić information content (AvgIpc) is 3.34. The highest BCUT2D eigenvalue weighted by molar-refractivity contribution is 9.10. The van der Waals surface area contributed by atoms with Crippen molar-refractivity contribution in [2.24, 2.45) is 4.99 Å². The van der Waals surface area contributed by atoms with Crippen molar-refractivity contribution >= 4 is 56.5 Å². The van der Waals surface area contributed by atoms with Gasteiger partial charge in [0, 0.05) is 16.3 Å². The second kappa shape index (κ2) is 13.3. The topological polar surface area (TPSA) is 81.9 Å². The summed E-state index contributed by atoms with van der Waals surface area (Å²) in [5.41, 5.74) is 3.79. The molecule has 5 aromatic rings. The van der Waals surface area contributed by atoms with Crippen molar-refractivity contribution in [2.75, 3.05) is 12.4 Å². The Morgan fingerprint density at radius 1 is 1.04 bits per heavy atom. The van der Waals surface area contributed by atoms with E-state index in [0.717, 1.165) is 21.2 Å². The number of amides is 1. The minimum atomic E-state index is -0.689. The maximum Gasteiger partial charge on any atom is 0.271 e. The first-order valence-corrected chi connectivity index (χ1v) is 16.0. The van der Waals surface area contributed by atoms with Gasteiger partial charge in [-0.05, 0) is 82.5 Å². The molecule has 1 N–H and O–H groups in total. The van der Waals surface area contributed by atoms with Crippen LogP contribution in [0.5, 0.6) is 11.5 Å². The van der Waals surface area contributed by atoms with Gasteiger partial charge in [-0.2, -0.15) is 0 Å². The number of hydrogen-bond donors (Lipinski definition) is 1. The molecule has 0 aliphatic carbocycles. The molecule has 45 heavy (non-hydrogen) atoms. The van der Waals surface area contributed by atoms with E-state index in [0.29, 0.717) is 49.4 Å². The van der Waals surface area contributed by atoms with Crippen molar-refractivity contribution < 1.29 is 14.3 Å². The van der Waals surface area contributed by atoms with Gasteiger partial charge in [0.2, 0.25) is 0 Å². The summed E-state index contributed by atoms with van der Waals surface area (Å²) < 4.78 is 14.2. The number of methoxy groups -OCH3 is 1. The second-order valence-corrected chi connectivity index (χ2v) is 12.5. The van der Waals surface area contributed by atoms with Gasteiger partial charge in [0.1, 0.15) is 18.1 Å². The molecule has 2 heterocycles. The van der Waals surface area contributed by atoms with Crippen LogP contribution in [0.4, 0.5) is 5.69 Å². The van der Waals surface area contributed by atoms with Crippen LogP contribution >= 0.6 is 38.9 Å². The Morgan fingerprint density at radius 3 is 2.49 bits per heavy atom. The number of aromatic nitrogens is 1. The standard InChI is InChI=1S/C35H27BrClN3O4S/c1-21-31(33(41)39-25-9-4-3-5-10-25)32(23-13-15-26(43-2)16-14-23)40-34(42)30(45-35(40)38-21)19-22-12-17-29(27(36)18-22)44-20-24-8-6-7-11-28(24)37/h3-19,32H,20H2,1-2H3,(H,39,41)/b30-19+/t32-/m1/s1. The van der Waals surface area contributed by atoms with E-state index < -0.39 is 6.04 Å². The number of nitrogens with zero attached hydrogens (tertiary/aromatic N) is 2. The first kappa shape index (κ1) is 30.6. The third kappa shape index (κ3) is 6.51. The number of anilines is 1. The maximum absolute atomic E-state index is 14.1. The van der Waals surface area contributed by atoms with Crippen LogP contribution in [-0.2, 0) is 11.4 Å². The Bertz CT molecular complexity index is 2110. The maximum atomic E-state index is 14.1. The fourth-order valence-corrected chi connectivity index (χ4v) is 6.83. The monoisotopic (exact) mass is 699 g/mol. The summed E-state index contributed by atoms with van der Waals surface area (Å²) >= 11 is 11.2. The van der Waals surface area contributed by atoms with Gasteiger partial charge < -0.3 is 14.8 Å². The summed E-state index contributed by atoms with van der Waals surface area (Å²) in [6.07, 6.45) is 1.82. The summed E-state index contributed by atoms with van der Waals surface area (Å²) in [5, 5.41) is 3.61. The van der Waals surface area contributed by atoms with Gasteiger partial charge in [0.25, 0.3) is 11.5 Å². The molecule has 226 valence electrons. The number of thiazole rings is 1. The van der Waals surface area contributed by atoms with Gasteiger partial charge in [0.15, 0.2) is 4.80 Å². The van der Waals surface area contributed by atoms with E-state index in [1.165, 1.54) is 11.3 Å². The number of halogens is 2. The highest BCUT2D eigenvalue weighted by Crippen LogP contribution is 2.32. The molecule has 1 amide bonds. The minimum absolute atomic E-state index is 0.243. The molecule has 1 aromatic heterocycles. The second-order valence-electron chi connectivity index (χ2n) is 10.2. The summed E-state index contributed by atoms with van der Waals surface area (Å²) in [7, 11) is 1.59. The number of hydrogen-bond acceptors (Lipinski definition) is 6. The zero-order valence-corrected chi connectivity index (χ0v) is 27.4. The van der Waals surface area contributed by atoms with Crippen molar-refractivity contribution in [1.82, 2.24) is 4.57 Å². The van der Waals surface area contributed by atoms with Crippen molar-refractivity contribution in [3.63, 3.8) is 0 Å². The van der Waals surface area contributed by atoms with Crippen molar-refractivity contribution in [3.05, 3.63) is 154 Å². The minimum Gasteiger partial charge on any atom is -0.497 e. The molecular formula is C35H27BrClN3O4S. The molecule has 1 atom stereocenters. The van der Waals surface area contributed by atoms with Gasteiger partial charge in [-0.15, -0.1) is 0 Å². The molecule has 1 aliphatic heterocycles. The fraction of sp³-hybridized carbons (Fsp3) is 0.114. The lowest BCUT2D eigenvalue weighted by atomic mass is 9.95. The van der Waals surface area contributed by atoms with Gasteiger partial charge in [-0.3, -0.25) is 14.2 Å². The van der Waals surface area contributed by atoms with Gasteiger partial charge in [-0.25, -0.2) is 4.99 Å².